The lowest BCUT2D eigenvalue weighted by Gasteiger charge is -2.39. The Hall–Kier alpha value is -3.75. The van der Waals surface area contributed by atoms with Crippen LogP contribution >= 0.6 is 0 Å². The van der Waals surface area contributed by atoms with Gasteiger partial charge in [0.2, 0.25) is 5.91 Å². The summed E-state index contributed by atoms with van der Waals surface area (Å²) < 4.78 is 12.0. The van der Waals surface area contributed by atoms with E-state index in [0.29, 0.717) is 5.56 Å². The number of aliphatic hydroxyl groups excluding tert-OH is 1. The fraction of sp³-hybridized carbons (Fsp3) is 0.367. The quantitative estimate of drug-likeness (QED) is 0.498. The molecule has 2 aromatic rings. The molecule has 1 spiro atoms. The first kappa shape index (κ1) is 24.6. The lowest BCUT2D eigenvalue weighted by atomic mass is 9.78. The fourth-order valence-corrected chi connectivity index (χ4v) is 6.71. The second-order valence-corrected chi connectivity index (χ2v) is 10.3. The number of ether oxygens (including phenoxy) is 2. The largest absolute Gasteiger partial charge is 0.461 e. The predicted molar refractivity (Wildman–Crippen MR) is 139 cm³/mol. The molecule has 2 amide bonds. The monoisotopic (exact) mass is 514 g/mol. The van der Waals surface area contributed by atoms with Gasteiger partial charge in [-0.3, -0.25) is 14.4 Å². The maximum Gasteiger partial charge on any atom is 0.313 e. The predicted octanol–water partition coefficient (Wildman–Crippen LogP) is 2.63. The summed E-state index contributed by atoms with van der Waals surface area (Å²) in [6.45, 7) is 3.89. The number of likely N-dealkylation sites (tertiary alicyclic amines) is 1. The third-order valence-electron chi connectivity index (χ3n) is 8.25. The summed E-state index contributed by atoms with van der Waals surface area (Å²) in [5.41, 5.74) is 1.94. The zero-order valence-electron chi connectivity index (χ0n) is 21.3. The van der Waals surface area contributed by atoms with Gasteiger partial charge in [-0.1, -0.05) is 66.8 Å². The smallest absolute Gasteiger partial charge is 0.313 e. The lowest BCUT2D eigenvalue weighted by Crippen LogP contribution is -2.56. The molecule has 1 unspecified atom stereocenters. The first-order chi connectivity index (χ1) is 18.4. The molecule has 0 saturated carbocycles. The molecule has 4 aliphatic heterocycles. The highest BCUT2D eigenvalue weighted by molar-refractivity contribution is 6.06. The second kappa shape index (κ2) is 9.22. The van der Waals surface area contributed by atoms with Gasteiger partial charge in [0.1, 0.15) is 24.2 Å². The van der Waals surface area contributed by atoms with Gasteiger partial charge in [-0.05, 0) is 36.6 Å². The van der Waals surface area contributed by atoms with Crippen LogP contribution in [-0.4, -0.2) is 65.3 Å². The van der Waals surface area contributed by atoms with Gasteiger partial charge in [-0.2, -0.15) is 0 Å². The van der Waals surface area contributed by atoms with Crippen LogP contribution in [0.15, 0.2) is 72.8 Å². The van der Waals surface area contributed by atoms with Crippen molar-refractivity contribution in [1.82, 2.24) is 4.90 Å². The van der Waals surface area contributed by atoms with Crippen molar-refractivity contribution in [1.29, 1.82) is 0 Å². The van der Waals surface area contributed by atoms with Gasteiger partial charge < -0.3 is 24.4 Å². The van der Waals surface area contributed by atoms with Gasteiger partial charge >= 0.3 is 5.97 Å². The molecule has 6 rings (SSSR count). The molecule has 0 aliphatic carbocycles. The Morgan fingerprint density at radius 2 is 1.74 bits per heavy atom. The number of anilines is 1. The van der Waals surface area contributed by atoms with Gasteiger partial charge in [-0.15, -0.1) is 0 Å². The third-order valence-corrected chi connectivity index (χ3v) is 8.25. The molecule has 2 aromatic carbocycles. The van der Waals surface area contributed by atoms with Crippen molar-refractivity contribution in [2.24, 2.45) is 11.8 Å². The molecule has 196 valence electrons. The van der Waals surface area contributed by atoms with Crippen LogP contribution in [-0.2, 0) is 23.9 Å². The number of nitrogens with zero attached hydrogens (tertiary/aromatic N) is 2. The Morgan fingerprint density at radius 3 is 2.45 bits per heavy atom. The van der Waals surface area contributed by atoms with E-state index in [4.69, 9.17) is 9.47 Å². The highest BCUT2D eigenvalue weighted by atomic mass is 16.6. The first-order valence-electron chi connectivity index (χ1n) is 12.9. The minimum Gasteiger partial charge on any atom is -0.461 e. The van der Waals surface area contributed by atoms with Gasteiger partial charge in [0, 0.05) is 12.2 Å². The van der Waals surface area contributed by atoms with Crippen molar-refractivity contribution < 1.29 is 29.0 Å². The average molecular weight is 515 g/mol. The number of esters is 1. The number of cyclic esters (lactones) is 1. The molecule has 6 atom stereocenters. The highest BCUT2D eigenvalue weighted by Crippen LogP contribution is 2.55. The van der Waals surface area contributed by atoms with Crippen molar-refractivity contribution in [3.8, 4) is 0 Å². The molecule has 1 N–H and O–H groups in total. The van der Waals surface area contributed by atoms with E-state index in [-0.39, 0.29) is 19.1 Å². The fourth-order valence-electron chi connectivity index (χ4n) is 6.71. The molecular weight excluding hydrogens is 484 g/mol. The molecule has 4 heterocycles. The number of amides is 2. The van der Waals surface area contributed by atoms with Gasteiger partial charge in [-0.25, -0.2) is 0 Å². The van der Waals surface area contributed by atoms with Crippen LogP contribution in [0.4, 0.5) is 5.69 Å². The van der Waals surface area contributed by atoms with Gasteiger partial charge in [0.05, 0.1) is 24.7 Å². The summed E-state index contributed by atoms with van der Waals surface area (Å²) in [4.78, 5) is 45.3. The van der Waals surface area contributed by atoms with E-state index in [1.54, 1.807) is 23.1 Å². The van der Waals surface area contributed by atoms with E-state index in [0.717, 1.165) is 16.8 Å². The molecule has 0 radical (unpaired) electrons. The summed E-state index contributed by atoms with van der Waals surface area (Å²) in [6, 6.07) is 13.1. The standard InChI is InChI=1S/C30H30N2O6/c1-18-9-6-10-19(2)25(18)31-15-8-14-30-24(23-22(38-30)13-7-16-37-29(23)36)27(34)32(26(30)28(31)35)21(17-33)20-11-4-3-5-12-20/h3-14,21-24,26,33H,15-17H2,1-2H3/t21-,22-,23+,24+,26?,30+/m1/s1. The minimum absolute atomic E-state index is 0.106. The number of hydrogen-bond acceptors (Lipinski definition) is 6. The summed E-state index contributed by atoms with van der Waals surface area (Å²) in [5.74, 6) is -3.10. The van der Waals surface area contributed by atoms with Crippen molar-refractivity contribution in [2.45, 2.75) is 37.6 Å². The van der Waals surface area contributed by atoms with E-state index >= 15 is 0 Å². The molecule has 0 bridgehead atoms. The Kier molecular flexibility index (Phi) is 5.96. The van der Waals surface area contributed by atoms with E-state index in [1.165, 1.54) is 4.90 Å². The molecule has 0 aromatic heterocycles. The summed E-state index contributed by atoms with van der Waals surface area (Å²) in [5, 5.41) is 10.6. The molecule has 2 fully saturated rings. The zero-order valence-corrected chi connectivity index (χ0v) is 21.3. The number of carbonyl (C=O) groups excluding carboxylic acids is 3. The van der Waals surface area contributed by atoms with Crippen molar-refractivity contribution in [3.63, 3.8) is 0 Å². The van der Waals surface area contributed by atoms with Crippen LogP contribution in [0.25, 0.3) is 0 Å². The van der Waals surface area contributed by atoms with Gasteiger partial charge in [0.15, 0.2) is 0 Å². The number of aliphatic hydroxyl groups is 1. The number of rotatable bonds is 4. The van der Waals surface area contributed by atoms with Crippen LogP contribution in [0.3, 0.4) is 0 Å². The van der Waals surface area contributed by atoms with Crippen LogP contribution in [0.2, 0.25) is 0 Å². The number of benzene rings is 2. The molecule has 4 aliphatic rings. The van der Waals surface area contributed by atoms with E-state index in [1.807, 2.05) is 68.5 Å². The van der Waals surface area contributed by atoms with E-state index in [2.05, 4.69) is 0 Å². The number of carbonyl (C=O) groups is 3. The second-order valence-electron chi connectivity index (χ2n) is 10.3. The Balaban J connectivity index is 1.54. The molecule has 2 saturated heterocycles. The molecule has 8 nitrogen and oxygen atoms in total. The number of hydrogen-bond donors (Lipinski definition) is 1. The van der Waals surface area contributed by atoms with E-state index < -0.39 is 54.1 Å². The van der Waals surface area contributed by atoms with Crippen LogP contribution < -0.4 is 4.90 Å². The lowest BCUT2D eigenvalue weighted by molar-refractivity contribution is -0.153. The topological polar surface area (TPSA) is 96.4 Å². The van der Waals surface area contributed by atoms with Crippen molar-refractivity contribution >= 4 is 23.5 Å². The van der Waals surface area contributed by atoms with Crippen molar-refractivity contribution in [2.75, 3.05) is 24.7 Å². The van der Waals surface area contributed by atoms with Crippen LogP contribution in [0.1, 0.15) is 22.7 Å². The Bertz CT molecular complexity index is 1330. The molecule has 8 heteroatoms. The average Bonchev–Trinajstić information content (AvgIpc) is 3.21. The van der Waals surface area contributed by atoms with Crippen molar-refractivity contribution in [3.05, 3.63) is 89.5 Å². The minimum atomic E-state index is -1.39. The summed E-state index contributed by atoms with van der Waals surface area (Å²) in [6.07, 6.45) is 6.41. The number of fused-ring (bicyclic) bond motifs is 2. The Labute approximate surface area is 221 Å². The summed E-state index contributed by atoms with van der Waals surface area (Å²) in [7, 11) is 0. The normalized spacial score (nSPS) is 30.9. The number of aryl methyl sites for hydroxylation is 2. The van der Waals surface area contributed by atoms with Gasteiger partial charge in [0.25, 0.3) is 5.91 Å². The van der Waals surface area contributed by atoms with Crippen LogP contribution in [0.5, 0.6) is 0 Å². The highest BCUT2D eigenvalue weighted by Gasteiger charge is 2.72. The maximum absolute atomic E-state index is 14.6. The Morgan fingerprint density at radius 1 is 1.00 bits per heavy atom. The SMILES string of the molecule is Cc1cccc(C)c1N1CC=C[C@]23O[C@@H]4C=CCOC(=O)[C@@H]4[C@H]2C(=O)N([C@H](CO)c2ccccc2)C3C1=O. The summed E-state index contributed by atoms with van der Waals surface area (Å²) >= 11 is 0. The third kappa shape index (κ3) is 3.47. The first-order valence-corrected chi connectivity index (χ1v) is 12.9. The van der Waals surface area contributed by atoms with Crippen LogP contribution in [0, 0.1) is 25.7 Å². The molecular formula is C30H30N2O6. The van der Waals surface area contributed by atoms with E-state index in [9.17, 15) is 19.5 Å². The number of para-hydroxylation sites is 1. The molecule has 38 heavy (non-hydrogen) atoms. The zero-order chi connectivity index (χ0) is 26.6. The maximum atomic E-state index is 14.6.